The number of hydrogen-bond donors (Lipinski definition) is 1. The van der Waals surface area contributed by atoms with Crippen molar-refractivity contribution < 1.29 is 28.8 Å². The van der Waals surface area contributed by atoms with Gasteiger partial charge in [-0.25, -0.2) is 0 Å². The van der Waals surface area contributed by atoms with Gasteiger partial charge in [0.1, 0.15) is 19.0 Å². The standard InChI is InChI=1S/C31H28O6/c1-34-28-16-14-22(17-30(28)36-20-23-9-5-3-6-10-23)13-15-26(32)25-18-29(35-2)31(19-27(25)33)37-21-24-11-7-4-8-12-24/h3-19,33H,20-21H2,1-2H3/b15-13+. The number of carbonyl (C=O) groups is 1. The van der Waals surface area contributed by atoms with E-state index in [0.717, 1.165) is 16.7 Å². The van der Waals surface area contributed by atoms with Crippen LogP contribution in [0.1, 0.15) is 27.0 Å². The van der Waals surface area contributed by atoms with E-state index in [2.05, 4.69) is 0 Å². The Kier molecular flexibility index (Phi) is 8.45. The molecule has 188 valence electrons. The molecule has 6 nitrogen and oxygen atoms in total. The van der Waals surface area contributed by atoms with E-state index >= 15 is 0 Å². The molecule has 0 aliphatic heterocycles. The minimum Gasteiger partial charge on any atom is -0.507 e. The van der Waals surface area contributed by atoms with Gasteiger partial charge in [0, 0.05) is 6.07 Å². The van der Waals surface area contributed by atoms with Crippen LogP contribution in [0.25, 0.3) is 6.08 Å². The van der Waals surface area contributed by atoms with Gasteiger partial charge in [0.2, 0.25) is 0 Å². The monoisotopic (exact) mass is 496 g/mol. The lowest BCUT2D eigenvalue weighted by Gasteiger charge is -2.13. The lowest BCUT2D eigenvalue weighted by Crippen LogP contribution is -2.01. The largest absolute Gasteiger partial charge is 0.507 e. The Bertz CT molecular complexity index is 1360. The molecule has 0 atom stereocenters. The van der Waals surface area contributed by atoms with Gasteiger partial charge < -0.3 is 24.1 Å². The summed E-state index contributed by atoms with van der Waals surface area (Å²) in [5.74, 6) is 1.28. The number of ketones is 1. The normalized spacial score (nSPS) is 10.8. The minimum absolute atomic E-state index is 0.106. The van der Waals surface area contributed by atoms with Crippen molar-refractivity contribution in [1.29, 1.82) is 0 Å². The summed E-state index contributed by atoms with van der Waals surface area (Å²) in [4.78, 5) is 12.9. The maximum atomic E-state index is 12.9. The summed E-state index contributed by atoms with van der Waals surface area (Å²) in [5.41, 5.74) is 2.85. The van der Waals surface area contributed by atoms with Crippen LogP contribution < -0.4 is 18.9 Å². The molecule has 0 radical (unpaired) electrons. The molecular formula is C31H28O6. The number of benzene rings is 4. The fourth-order valence-corrected chi connectivity index (χ4v) is 3.66. The van der Waals surface area contributed by atoms with Crippen LogP contribution in [0, 0.1) is 0 Å². The van der Waals surface area contributed by atoms with E-state index in [1.165, 1.54) is 25.3 Å². The number of phenolic OH excluding ortho intramolecular Hbond substituents is 1. The molecule has 0 saturated heterocycles. The average molecular weight is 497 g/mol. The average Bonchev–Trinajstić information content (AvgIpc) is 2.94. The fourth-order valence-electron chi connectivity index (χ4n) is 3.66. The first-order valence-electron chi connectivity index (χ1n) is 11.7. The van der Waals surface area contributed by atoms with Gasteiger partial charge in [-0.3, -0.25) is 4.79 Å². The zero-order valence-corrected chi connectivity index (χ0v) is 20.7. The van der Waals surface area contributed by atoms with Gasteiger partial charge in [-0.15, -0.1) is 0 Å². The van der Waals surface area contributed by atoms with E-state index in [-0.39, 0.29) is 17.1 Å². The van der Waals surface area contributed by atoms with Crippen molar-refractivity contribution in [1.82, 2.24) is 0 Å². The van der Waals surface area contributed by atoms with Gasteiger partial charge in [0.25, 0.3) is 0 Å². The molecule has 0 unspecified atom stereocenters. The first kappa shape index (κ1) is 25.4. The Balaban J connectivity index is 1.48. The highest BCUT2D eigenvalue weighted by molar-refractivity contribution is 6.09. The summed E-state index contributed by atoms with van der Waals surface area (Å²) >= 11 is 0. The fraction of sp³-hybridized carbons (Fsp3) is 0.129. The molecule has 37 heavy (non-hydrogen) atoms. The third kappa shape index (κ3) is 6.70. The maximum absolute atomic E-state index is 12.9. The van der Waals surface area contributed by atoms with Crippen molar-refractivity contribution in [3.63, 3.8) is 0 Å². The van der Waals surface area contributed by atoms with Crippen LogP contribution in [0.4, 0.5) is 0 Å². The van der Waals surface area contributed by atoms with Crippen molar-refractivity contribution in [2.75, 3.05) is 14.2 Å². The summed E-state index contributed by atoms with van der Waals surface area (Å²) < 4.78 is 22.6. The SMILES string of the molecule is COc1ccc(/C=C/C(=O)c2cc(OC)c(OCc3ccccc3)cc2O)cc1OCc1ccccc1. The Morgan fingerprint density at radius 1 is 0.703 bits per heavy atom. The molecule has 0 aliphatic carbocycles. The first-order valence-corrected chi connectivity index (χ1v) is 11.7. The zero-order chi connectivity index (χ0) is 26.0. The van der Waals surface area contributed by atoms with E-state index in [9.17, 15) is 9.90 Å². The van der Waals surface area contributed by atoms with Gasteiger partial charge >= 0.3 is 0 Å². The molecule has 0 aromatic heterocycles. The zero-order valence-electron chi connectivity index (χ0n) is 20.7. The van der Waals surface area contributed by atoms with E-state index in [4.69, 9.17) is 18.9 Å². The highest BCUT2D eigenvalue weighted by atomic mass is 16.5. The lowest BCUT2D eigenvalue weighted by atomic mass is 10.1. The molecule has 0 saturated carbocycles. The van der Waals surface area contributed by atoms with Gasteiger partial charge in [0.15, 0.2) is 28.8 Å². The molecule has 0 spiro atoms. The summed E-state index contributed by atoms with van der Waals surface area (Å²) in [6.45, 7) is 0.686. The van der Waals surface area contributed by atoms with Crippen LogP contribution >= 0.6 is 0 Å². The number of hydrogen-bond acceptors (Lipinski definition) is 6. The Hall–Kier alpha value is -4.71. The Morgan fingerprint density at radius 2 is 1.27 bits per heavy atom. The number of aromatic hydroxyl groups is 1. The highest BCUT2D eigenvalue weighted by Gasteiger charge is 2.16. The molecule has 4 aromatic carbocycles. The molecule has 0 heterocycles. The second-order valence-electron chi connectivity index (χ2n) is 8.18. The number of carbonyl (C=O) groups excluding carboxylic acids is 1. The van der Waals surface area contributed by atoms with Gasteiger partial charge in [-0.1, -0.05) is 72.8 Å². The number of rotatable bonds is 11. The number of phenols is 1. The second kappa shape index (κ2) is 12.3. The lowest BCUT2D eigenvalue weighted by molar-refractivity contribution is 0.104. The third-order valence-electron chi connectivity index (χ3n) is 5.64. The summed E-state index contributed by atoms with van der Waals surface area (Å²) in [7, 11) is 3.06. The number of allylic oxidation sites excluding steroid dienone is 1. The van der Waals surface area contributed by atoms with Crippen molar-refractivity contribution in [3.05, 3.63) is 119 Å². The van der Waals surface area contributed by atoms with E-state index in [1.807, 2.05) is 66.7 Å². The van der Waals surface area contributed by atoms with Crippen LogP contribution in [0.15, 0.2) is 97.1 Å². The molecule has 4 aromatic rings. The quantitative estimate of drug-likeness (QED) is 0.190. The topological polar surface area (TPSA) is 74.2 Å². The van der Waals surface area contributed by atoms with Gasteiger partial charge in [-0.05, 0) is 41.0 Å². The summed E-state index contributed by atoms with van der Waals surface area (Å²) in [6.07, 6.45) is 3.05. The molecule has 1 N–H and O–H groups in total. The predicted octanol–water partition coefficient (Wildman–Crippen LogP) is 6.46. The van der Waals surface area contributed by atoms with Crippen LogP contribution in [-0.4, -0.2) is 25.1 Å². The summed E-state index contributed by atoms with van der Waals surface area (Å²) in [6, 6.07) is 27.7. The van der Waals surface area contributed by atoms with E-state index < -0.39 is 0 Å². The Morgan fingerprint density at radius 3 is 1.84 bits per heavy atom. The smallest absolute Gasteiger partial charge is 0.189 e. The van der Waals surface area contributed by atoms with Crippen LogP contribution in [-0.2, 0) is 13.2 Å². The third-order valence-corrected chi connectivity index (χ3v) is 5.64. The van der Waals surface area contributed by atoms with Crippen molar-refractivity contribution in [3.8, 4) is 28.7 Å². The molecular weight excluding hydrogens is 468 g/mol. The predicted molar refractivity (Wildman–Crippen MR) is 143 cm³/mol. The van der Waals surface area contributed by atoms with Crippen molar-refractivity contribution in [2.45, 2.75) is 13.2 Å². The molecule has 0 aliphatic rings. The van der Waals surface area contributed by atoms with Crippen LogP contribution in [0.2, 0.25) is 0 Å². The molecule has 0 fully saturated rings. The Labute approximate surface area is 216 Å². The van der Waals surface area contributed by atoms with Crippen molar-refractivity contribution in [2.24, 2.45) is 0 Å². The maximum Gasteiger partial charge on any atom is 0.189 e. The number of ether oxygens (including phenoxy) is 4. The van der Waals surface area contributed by atoms with E-state index in [0.29, 0.717) is 36.2 Å². The minimum atomic E-state index is -0.381. The van der Waals surface area contributed by atoms with Gasteiger partial charge in [-0.2, -0.15) is 0 Å². The summed E-state index contributed by atoms with van der Waals surface area (Å²) in [5, 5.41) is 10.5. The van der Waals surface area contributed by atoms with E-state index in [1.54, 1.807) is 25.3 Å². The molecule has 0 bridgehead atoms. The molecule has 6 heteroatoms. The molecule has 4 rings (SSSR count). The highest BCUT2D eigenvalue weighted by Crippen LogP contribution is 2.35. The number of methoxy groups -OCH3 is 2. The van der Waals surface area contributed by atoms with Crippen LogP contribution in [0.5, 0.6) is 28.7 Å². The van der Waals surface area contributed by atoms with Crippen molar-refractivity contribution >= 4 is 11.9 Å². The van der Waals surface area contributed by atoms with Crippen LogP contribution in [0.3, 0.4) is 0 Å². The van der Waals surface area contributed by atoms with Gasteiger partial charge in [0.05, 0.1) is 19.8 Å². The first-order chi connectivity index (χ1) is 18.1. The molecule has 0 amide bonds. The second-order valence-corrected chi connectivity index (χ2v) is 8.18.